The van der Waals surface area contributed by atoms with Crippen molar-refractivity contribution in [3.8, 4) is 22.6 Å². The van der Waals surface area contributed by atoms with Gasteiger partial charge in [0.15, 0.2) is 9.84 Å². The fourth-order valence-corrected chi connectivity index (χ4v) is 3.80. The second-order valence-electron chi connectivity index (χ2n) is 6.05. The van der Waals surface area contributed by atoms with Gasteiger partial charge >= 0.3 is 5.97 Å². The third-order valence-corrected chi connectivity index (χ3v) is 5.80. The molecule has 3 rings (SSSR count). The Morgan fingerprint density at radius 3 is 2.29 bits per heavy atom. The van der Waals surface area contributed by atoms with Crippen molar-refractivity contribution >= 4 is 15.8 Å². The number of ether oxygens (including phenoxy) is 1. The van der Waals surface area contributed by atoms with Gasteiger partial charge < -0.3 is 14.9 Å². The van der Waals surface area contributed by atoms with Crippen LogP contribution in [0.3, 0.4) is 0 Å². The Labute approximate surface area is 162 Å². The Morgan fingerprint density at radius 1 is 0.893 bits per heavy atom. The monoisotopic (exact) mass is 398 g/mol. The summed E-state index contributed by atoms with van der Waals surface area (Å²) >= 11 is 0. The number of phenols is 1. The van der Waals surface area contributed by atoms with Crippen molar-refractivity contribution in [2.75, 3.05) is 12.4 Å². The average Bonchev–Trinajstić information content (AvgIpc) is 2.68. The summed E-state index contributed by atoms with van der Waals surface area (Å²) < 4.78 is 30.6. The van der Waals surface area contributed by atoms with E-state index in [2.05, 4.69) is 0 Å². The molecule has 3 aromatic rings. The zero-order chi connectivity index (χ0) is 20.1. The van der Waals surface area contributed by atoms with Crippen LogP contribution in [0.5, 0.6) is 11.5 Å². The molecule has 0 aliphatic carbocycles. The van der Waals surface area contributed by atoms with Crippen LogP contribution in [0.1, 0.15) is 10.4 Å². The van der Waals surface area contributed by atoms with Gasteiger partial charge in [-0.1, -0.05) is 42.5 Å². The van der Waals surface area contributed by atoms with E-state index >= 15 is 0 Å². The van der Waals surface area contributed by atoms with Gasteiger partial charge in [0, 0.05) is 6.07 Å². The third-order valence-electron chi connectivity index (χ3n) is 4.12. The SMILES string of the molecule is O=C(O)c1ccc(OCCS(=O)(=O)c2cccc(-c3ccccc3)c2)cc1O. The molecule has 0 aliphatic heterocycles. The summed E-state index contributed by atoms with van der Waals surface area (Å²) in [7, 11) is -3.57. The predicted molar refractivity (Wildman–Crippen MR) is 104 cm³/mol. The van der Waals surface area contributed by atoms with Gasteiger partial charge in [0.2, 0.25) is 0 Å². The molecule has 144 valence electrons. The van der Waals surface area contributed by atoms with Gasteiger partial charge in [0.1, 0.15) is 23.7 Å². The molecule has 0 heterocycles. The molecule has 3 aromatic carbocycles. The lowest BCUT2D eigenvalue weighted by Crippen LogP contribution is -2.14. The van der Waals surface area contributed by atoms with Crippen LogP contribution in [0.2, 0.25) is 0 Å². The maximum absolute atomic E-state index is 12.6. The van der Waals surface area contributed by atoms with Crippen LogP contribution in [0.15, 0.2) is 77.7 Å². The highest BCUT2D eigenvalue weighted by molar-refractivity contribution is 7.91. The molecular formula is C21H18O6S. The Morgan fingerprint density at radius 2 is 1.61 bits per heavy atom. The summed E-state index contributed by atoms with van der Waals surface area (Å²) in [4.78, 5) is 11.1. The van der Waals surface area contributed by atoms with Crippen LogP contribution in [0, 0.1) is 0 Å². The van der Waals surface area contributed by atoms with Crippen molar-refractivity contribution in [1.82, 2.24) is 0 Å². The molecule has 0 saturated carbocycles. The van der Waals surface area contributed by atoms with E-state index in [1.807, 2.05) is 36.4 Å². The maximum atomic E-state index is 12.6. The van der Waals surface area contributed by atoms with Crippen molar-refractivity contribution in [2.24, 2.45) is 0 Å². The quantitative estimate of drug-likeness (QED) is 0.631. The van der Waals surface area contributed by atoms with Crippen LogP contribution in [-0.2, 0) is 9.84 Å². The van der Waals surface area contributed by atoms with Crippen LogP contribution < -0.4 is 4.74 Å². The minimum absolute atomic E-state index is 0.135. The van der Waals surface area contributed by atoms with E-state index in [-0.39, 0.29) is 28.6 Å². The van der Waals surface area contributed by atoms with Crippen LogP contribution in [0.25, 0.3) is 11.1 Å². The highest BCUT2D eigenvalue weighted by Gasteiger charge is 2.16. The van der Waals surface area contributed by atoms with Crippen LogP contribution >= 0.6 is 0 Å². The van der Waals surface area contributed by atoms with E-state index in [4.69, 9.17) is 9.84 Å². The number of hydrogen-bond acceptors (Lipinski definition) is 5. The lowest BCUT2D eigenvalue weighted by Gasteiger charge is -2.10. The first-order chi connectivity index (χ1) is 13.4. The molecule has 0 amide bonds. The number of rotatable bonds is 7. The number of carboxylic acid groups (broad SMARTS) is 1. The molecule has 0 saturated heterocycles. The predicted octanol–water partition coefficient (Wildman–Crippen LogP) is 3.61. The van der Waals surface area contributed by atoms with Crippen molar-refractivity contribution in [3.05, 3.63) is 78.4 Å². The Hall–Kier alpha value is -3.32. The standard InChI is InChI=1S/C21H18O6S/c22-20-14-17(9-10-19(20)21(23)24)27-11-12-28(25,26)18-8-4-7-16(13-18)15-5-2-1-3-6-15/h1-10,13-14,22H,11-12H2,(H,23,24). The van der Waals surface area contributed by atoms with Crippen LogP contribution in [0.4, 0.5) is 0 Å². The number of hydrogen-bond donors (Lipinski definition) is 2. The summed E-state index contributed by atoms with van der Waals surface area (Å²) in [6.07, 6.45) is 0. The number of carboxylic acids is 1. The summed E-state index contributed by atoms with van der Waals surface area (Å²) in [5, 5.41) is 18.5. The van der Waals surface area contributed by atoms with Crippen molar-refractivity contribution < 1.29 is 28.2 Å². The van der Waals surface area contributed by atoms with Gasteiger partial charge in [-0.3, -0.25) is 0 Å². The lowest BCUT2D eigenvalue weighted by atomic mass is 10.1. The van der Waals surface area contributed by atoms with Crippen LogP contribution in [-0.4, -0.2) is 37.0 Å². The molecule has 0 fully saturated rings. The van der Waals surface area contributed by atoms with E-state index in [0.717, 1.165) is 17.2 Å². The van der Waals surface area contributed by atoms with E-state index in [1.54, 1.807) is 12.1 Å². The maximum Gasteiger partial charge on any atom is 0.339 e. The minimum Gasteiger partial charge on any atom is -0.507 e. The van der Waals surface area contributed by atoms with E-state index in [1.165, 1.54) is 18.2 Å². The molecule has 7 heteroatoms. The van der Waals surface area contributed by atoms with Crippen molar-refractivity contribution in [3.63, 3.8) is 0 Å². The molecule has 6 nitrogen and oxygen atoms in total. The number of carbonyl (C=O) groups is 1. The highest BCUT2D eigenvalue weighted by atomic mass is 32.2. The topological polar surface area (TPSA) is 101 Å². The zero-order valence-corrected chi connectivity index (χ0v) is 15.6. The molecule has 2 N–H and O–H groups in total. The number of aromatic carboxylic acids is 1. The summed E-state index contributed by atoms with van der Waals surface area (Å²) in [6.45, 7) is -0.135. The molecule has 0 unspecified atom stereocenters. The number of benzene rings is 3. The molecule has 28 heavy (non-hydrogen) atoms. The fourth-order valence-electron chi connectivity index (χ4n) is 2.67. The Balaban J connectivity index is 1.69. The van der Waals surface area contributed by atoms with Gasteiger partial charge in [-0.25, -0.2) is 13.2 Å². The number of aromatic hydroxyl groups is 1. The smallest absolute Gasteiger partial charge is 0.339 e. The summed E-state index contributed by atoms with van der Waals surface area (Å²) in [5.74, 6) is -1.77. The first-order valence-corrected chi connectivity index (χ1v) is 10.1. The van der Waals surface area contributed by atoms with Gasteiger partial charge in [-0.2, -0.15) is 0 Å². The highest BCUT2D eigenvalue weighted by Crippen LogP contribution is 2.25. The zero-order valence-electron chi connectivity index (χ0n) is 14.8. The molecule has 0 aromatic heterocycles. The molecule has 0 aliphatic rings. The largest absolute Gasteiger partial charge is 0.507 e. The molecule has 0 bridgehead atoms. The van der Waals surface area contributed by atoms with Gasteiger partial charge in [-0.05, 0) is 35.4 Å². The molecule has 0 spiro atoms. The third kappa shape index (κ3) is 4.50. The van der Waals surface area contributed by atoms with E-state index in [0.29, 0.717) is 0 Å². The van der Waals surface area contributed by atoms with Gasteiger partial charge in [-0.15, -0.1) is 0 Å². The van der Waals surface area contributed by atoms with Crippen molar-refractivity contribution in [1.29, 1.82) is 0 Å². The van der Waals surface area contributed by atoms with E-state index in [9.17, 15) is 18.3 Å². The molecular weight excluding hydrogens is 380 g/mol. The van der Waals surface area contributed by atoms with E-state index < -0.39 is 21.6 Å². The van der Waals surface area contributed by atoms with Crippen molar-refractivity contribution in [2.45, 2.75) is 4.90 Å². The average molecular weight is 398 g/mol. The summed E-state index contributed by atoms with van der Waals surface area (Å²) in [5.41, 5.74) is 1.47. The Kier molecular flexibility index (Phi) is 5.65. The molecule has 0 radical (unpaired) electrons. The molecule has 0 atom stereocenters. The first-order valence-electron chi connectivity index (χ1n) is 8.44. The second kappa shape index (κ2) is 8.14. The lowest BCUT2D eigenvalue weighted by molar-refractivity contribution is 0.0693. The number of sulfone groups is 1. The first kappa shape index (κ1) is 19.4. The minimum atomic E-state index is -3.57. The van der Waals surface area contributed by atoms with Gasteiger partial charge in [0.05, 0.1) is 10.6 Å². The normalized spacial score (nSPS) is 11.1. The fraction of sp³-hybridized carbons (Fsp3) is 0.0952. The second-order valence-corrected chi connectivity index (χ2v) is 8.15. The van der Waals surface area contributed by atoms with Gasteiger partial charge in [0.25, 0.3) is 0 Å². The Bertz CT molecular complexity index is 1090. The summed E-state index contributed by atoms with van der Waals surface area (Å²) in [6, 6.07) is 19.9.